The van der Waals surface area contributed by atoms with Gasteiger partial charge in [0.1, 0.15) is 0 Å². The summed E-state index contributed by atoms with van der Waals surface area (Å²) in [5.74, 6) is 6.19. The third kappa shape index (κ3) is 9.47. The summed E-state index contributed by atoms with van der Waals surface area (Å²) in [6.45, 7) is 7.09. The summed E-state index contributed by atoms with van der Waals surface area (Å²) in [6.07, 6.45) is 2.82. The van der Waals surface area contributed by atoms with Gasteiger partial charge in [-0.25, -0.2) is 0 Å². The first-order valence-electron chi connectivity index (χ1n) is 10.0. The van der Waals surface area contributed by atoms with Crippen molar-refractivity contribution in [2.45, 2.75) is 29.5 Å². The lowest BCUT2D eigenvalue weighted by Gasteiger charge is -2.14. The van der Waals surface area contributed by atoms with Crippen LogP contribution in [0.15, 0.2) is 59.4 Å². The van der Waals surface area contributed by atoms with Gasteiger partial charge in [-0.15, -0.1) is 70.6 Å². The Bertz CT molecular complexity index is 737. The van der Waals surface area contributed by atoms with E-state index in [0.29, 0.717) is 19.7 Å². The molecule has 2 fully saturated rings. The molecule has 2 aliphatic rings. The van der Waals surface area contributed by atoms with Crippen LogP contribution in [-0.2, 0) is 9.59 Å². The number of rotatable bonds is 12. The molecule has 3 rings (SSSR count). The monoisotopic (exact) mass is 578 g/mol. The molecule has 0 bridgehead atoms. The molecular weight excluding hydrogens is 553 g/mol. The molecule has 0 saturated carbocycles. The molecule has 1 aromatic rings. The van der Waals surface area contributed by atoms with Crippen LogP contribution in [0.4, 0.5) is 0 Å². The van der Waals surface area contributed by atoms with E-state index >= 15 is 0 Å². The summed E-state index contributed by atoms with van der Waals surface area (Å²) >= 11 is 14.8. The lowest BCUT2D eigenvalue weighted by Crippen LogP contribution is -2.07. The number of hydrogen-bond donors (Lipinski definition) is 0. The Morgan fingerprint density at radius 3 is 1.66 bits per heavy atom. The third-order valence-electron chi connectivity index (χ3n) is 4.38. The standard InChI is InChI=1S/C22H26O2S8/c1-3-19(23)27-9-15-11-29-21(31-15)13-25-17-7-5-6-8-18(17)26-14-22-30-12-16(32-22)10-28-20(24)4-2/h3-8,15-16,21-22H,1-2,9-14H2. The number of carbonyl (C=O) groups excluding carboxylic acids is 2. The van der Waals surface area contributed by atoms with Crippen molar-refractivity contribution in [3.05, 3.63) is 49.6 Å². The minimum Gasteiger partial charge on any atom is -0.282 e. The summed E-state index contributed by atoms with van der Waals surface area (Å²) in [6, 6.07) is 8.74. The van der Waals surface area contributed by atoms with Crippen molar-refractivity contribution >= 4 is 104 Å². The van der Waals surface area contributed by atoms with Crippen molar-refractivity contribution in [2.24, 2.45) is 0 Å². The predicted octanol–water partition coefficient (Wildman–Crippen LogP) is 7.11. The van der Waals surface area contributed by atoms with Crippen LogP contribution in [0.3, 0.4) is 0 Å². The van der Waals surface area contributed by atoms with Gasteiger partial charge in [0, 0.05) is 54.8 Å². The molecule has 0 amide bonds. The average molecular weight is 579 g/mol. The Kier molecular flexibility index (Phi) is 12.9. The van der Waals surface area contributed by atoms with Gasteiger partial charge in [0.25, 0.3) is 0 Å². The normalized spacial score (nSPS) is 25.0. The van der Waals surface area contributed by atoms with Crippen molar-refractivity contribution in [3.8, 4) is 0 Å². The van der Waals surface area contributed by atoms with Crippen LogP contribution in [0.1, 0.15) is 0 Å². The fourth-order valence-electron chi connectivity index (χ4n) is 2.84. The van der Waals surface area contributed by atoms with Gasteiger partial charge < -0.3 is 0 Å². The quantitative estimate of drug-likeness (QED) is 0.189. The molecule has 0 radical (unpaired) electrons. The molecule has 32 heavy (non-hydrogen) atoms. The van der Waals surface area contributed by atoms with Crippen LogP contribution in [-0.4, -0.2) is 64.4 Å². The topological polar surface area (TPSA) is 34.1 Å². The predicted molar refractivity (Wildman–Crippen MR) is 158 cm³/mol. The van der Waals surface area contributed by atoms with E-state index in [-0.39, 0.29) is 10.2 Å². The molecule has 2 nitrogen and oxygen atoms in total. The number of benzene rings is 1. The first-order chi connectivity index (χ1) is 15.6. The van der Waals surface area contributed by atoms with E-state index in [1.807, 2.05) is 70.6 Å². The van der Waals surface area contributed by atoms with Gasteiger partial charge in [0.05, 0.1) is 9.16 Å². The van der Waals surface area contributed by atoms with Gasteiger partial charge in [-0.1, -0.05) is 48.8 Å². The van der Waals surface area contributed by atoms with E-state index in [1.165, 1.54) is 45.5 Å². The molecular formula is C22H26O2S8. The maximum Gasteiger partial charge on any atom is 0.211 e. The molecule has 0 aliphatic carbocycles. The molecule has 4 unspecified atom stereocenters. The smallest absolute Gasteiger partial charge is 0.211 e. The molecule has 2 aliphatic heterocycles. The van der Waals surface area contributed by atoms with Crippen molar-refractivity contribution < 1.29 is 9.59 Å². The fourth-order valence-corrected chi connectivity index (χ4v) is 14.4. The van der Waals surface area contributed by atoms with Crippen molar-refractivity contribution in [1.82, 2.24) is 0 Å². The highest BCUT2D eigenvalue weighted by Gasteiger charge is 2.28. The second-order valence-corrected chi connectivity index (χ2v) is 17.0. The minimum atomic E-state index is 0.0771. The van der Waals surface area contributed by atoms with Crippen LogP contribution in [0.2, 0.25) is 0 Å². The zero-order valence-corrected chi connectivity index (χ0v) is 24.0. The zero-order chi connectivity index (χ0) is 22.8. The lowest BCUT2D eigenvalue weighted by molar-refractivity contribution is -0.107. The van der Waals surface area contributed by atoms with Crippen LogP contribution < -0.4 is 0 Å². The zero-order valence-electron chi connectivity index (χ0n) is 17.5. The SMILES string of the molecule is C=CC(=O)SCC1CSC(CSc2ccccc2SCC2SCC(CSC(=O)C=C)S2)S1. The van der Waals surface area contributed by atoms with Gasteiger partial charge in [-0.05, 0) is 24.3 Å². The van der Waals surface area contributed by atoms with Gasteiger partial charge in [0.15, 0.2) is 0 Å². The van der Waals surface area contributed by atoms with Crippen molar-refractivity contribution in [2.75, 3.05) is 34.5 Å². The van der Waals surface area contributed by atoms with Crippen LogP contribution in [0.5, 0.6) is 0 Å². The van der Waals surface area contributed by atoms with Crippen LogP contribution in [0.25, 0.3) is 0 Å². The summed E-state index contributed by atoms with van der Waals surface area (Å²) in [5, 5.41) is 1.25. The van der Waals surface area contributed by atoms with E-state index < -0.39 is 0 Å². The molecule has 4 atom stereocenters. The van der Waals surface area contributed by atoms with E-state index in [9.17, 15) is 9.59 Å². The third-order valence-corrected chi connectivity index (χ3v) is 16.7. The second-order valence-electron chi connectivity index (χ2n) is 6.78. The Morgan fingerprint density at radius 1 is 0.812 bits per heavy atom. The van der Waals surface area contributed by atoms with E-state index in [2.05, 4.69) is 37.4 Å². The maximum atomic E-state index is 11.4. The summed E-state index contributed by atoms with van der Waals surface area (Å²) in [5.41, 5.74) is 0. The second kappa shape index (κ2) is 15.1. The largest absolute Gasteiger partial charge is 0.282 e. The van der Waals surface area contributed by atoms with Gasteiger partial charge in [-0.3, -0.25) is 9.59 Å². The van der Waals surface area contributed by atoms with Gasteiger partial charge in [-0.2, -0.15) is 0 Å². The first kappa shape index (κ1) is 27.4. The van der Waals surface area contributed by atoms with Gasteiger partial charge >= 0.3 is 0 Å². The number of hydrogen-bond acceptors (Lipinski definition) is 10. The van der Waals surface area contributed by atoms with Crippen molar-refractivity contribution in [3.63, 3.8) is 0 Å². The Labute approximate surface area is 225 Å². The molecule has 2 heterocycles. The highest BCUT2D eigenvalue weighted by molar-refractivity contribution is 8.23. The Morgan fingerprint density at radius 2 is 1.25 bits per heavy atom. The summed E-state index contributed by atoms with van der Waals surface area (Å²) in [7, 11) is 0. The molecule has 0 spiro atoms. The highest BCUT2D eigenvalue weighted by Crippen LogP contribution is 2.45. The molecule has 174 valence electrons. The molecule has 2 saturated heterocycles. The lowest BCUT2D eigenvalue weighted by atomic mass is 10.4. The number of carbonyl (C=O) groups is 2. The average Bonchev–Trinajstić information content (AvgIpc) is 3.48. The van der Waals surface area contributed by atoms with Crippen LogP contribution >= 0.6 is 94.1 Å². The summed E-state index contributed by atoms with van der Waals surface area (Å²) in [4.78, 5) is 25.6. The van der Waals surface area contributed by atoms with Gasteiger partial charge in [0.2, 0.25) is 10.2 Å². The van der Waals surface area contributed by atoms with Crippen LogP contribution in [0, 0.1) is 0 Å². The fraction of sp³-hybridized carbons (Fsp3) is 0.455. The first-order valence-corrected chi connectivity index (χ1v) is 18.0. The highest BCUT2D eigenvalue weighted by atomic mass is 32.2. The summed E-state index contributed by atoms with van der Waals surface area (Å²) < 4.78 is 1.17. The van der Waals surface area contributed by atoms with E-state index in [4.69, 9.17) is 0 Å². The van der Waals surface area contributed by atoms with E-state index in [1.54, 1.807) is 0 Å². The molecule has 10 heteroatoms. The molecule has 0 N–H and O–H groups in total. The maximum absolute atomic E-state index is 11.4. The Hall–Kier alpha value is 0.840. The minimum absolute atomic E-state index is 0.0771. The molecule has 1 aromatic carbocycles. The Balaban J connectivity index is 1.39. The van der Waals surface area contributed by atoms with Crippen molar-refractivity contribution in [1.29, 1.82) is 0 Å². The molecule has 0 aromatic heterocycles. The van der Waals surface area contributed by atoms with E-state index in [0.717, 1.165) is 34.5 Å². The number of thioether (sulfide) groups is 8.